The Kier molecular flexibility index (Phi) is 6.56. The Labute approximate surface area is 153 Å². The topological polar surface area (TPSA) is 52.6 Å². The van der Waals surface area contributed by atoms with Crippen LogP contribution in [0.1, 0.15) is 105 Å². The van der Waals surface area contributed by atoms with Crippen LogP contribution in [0.5, 0.6) is 0 Å². The van der Waals surface area contributed by atoms with Gasteiger partial charge in [0, 0.05) is 0 Å². The van der Waals surface area contributed by atoms with E-state index in [1.165, 1.54) is 6.42 Å². The number of esters is 2. The van der Waals surface area contributed by atoms with Gasteiger partial charge in [0.05, 0.1) is 11.8 Å². The van der Waals surface area contributed by atoms with Crippen molar-refractivity contribution < 1.29 is 19.1 Å². The lowest BCUT2D eigenvalue weighted by Crippen LogP contribution is -2.44. The van der Waals surface area contributed by atoms with E-state index in [2.05, 4.69) is 0 Å². The average Bonchev–Trinajstić information content (AvgIpc) is 2.55. The summed E-state index contributed by atoms with van der Waals surface area (Å²) in [6, 6.07) is 0. The first-order valence-corrected chi connectivity index (χ1v) is 10.2. The van der Waals surface area contributed by atoms with Crippen LogP contribution in [0.25, 0.3) is 0 Å². The van der Waals surface area contributed by atoms with Crippen molar-refractivity contribution in [1.29, 1.82) is 0 Å². The van der Waals surface area contributed by atoms with Gasteiger partial charge in [-0.25, -0.2) is 0 Å². The summed E-state index contributed by atoms with van der Waals surface area (Å²) < 4.78 is 11.9. The quantitative estimate of drug-likeness (QED) is 0.607. The van der Waals surface area contributed by atoms with Crippen LogP contribution in [-0.2, 0) is 19.1 Å². The van der Waals surface area contributed by atoms with Gasteiger partial charge in [0.2, 0.25) is 0 Å². The average molecular weight is 353 g/mol. The highest BCUT2D eigenvalue weighted by Gasteiger charge is 2.43. The van der Waals surface area contributed by atoms with Crippen molar-refractivity contribution in [2.45, 2.75) is 116 Å². The molecule has 0 bridgehead atoms. The van der Waals surface area contributed by atoms with Crippen LogP contribution in [0.15, 0.2) is 0 Å². The Balaban J connectivity index is 2.03. The van der Waals surface area contributed by atoms with E-state index in [0.717, 1.165) is 64.2 Å². The zero-order chi connectivity index (χ0) is 18.6. The van der Waals surface area contributed by atoms with Crippen LogP contribution >= 0.6 is 0 Å². The minimum atomic E-state index is -0.663. The molecule has 0 aliphatic heterocycles. The van der Waals surface area contributed by atoms with E-state index < -0.39 is 11.0 Å². The van der Waals surface area contributed by atoms with Crippen molar-refractivity contribution in [3.05, 3.63) is 0 Å². The van der Waals surface area contributed by atoms with E-state index in [1.807, 2.05) is 27.7 Å². The fourth-order valence-electron chi connectivity index (χ4n) is 3.97. The highest BCUT2D eigenvalue weighted by Crippen LogP contribution is 2.39. The van der Waals surface area contributed by atoms with Gasteiger partial charge in [-0.05, 0) is 78.6 Å². The van der Waals surface area contributed by atoms with Gasteiger partial charge in [-0.1, -0.05) is 19.8 Å². The molecule has 0 N–H and O–H groups in total. The van der Waals surface area contributed by atoms with Gasteiger partial charge >= 0.3 is 11.9 Å². The second-order valence-corrected chi connectivity index (χ2v) is 9.03. The highest BCUT2D eigenvalue weighted by molar-refractivity contribution is 5.77. The van der Waals surface area contributed by atoms with E-state index in [-0.39, 0.29) is 24.0 Å². The van der Waals surface area contributed by atoms with Gasteiger partial charge in [-0.15, -0.1) is 0 Å². The number of carbonyl (C=O) groups is 2. The number of ether oxygens (including phenoxy) is 2. The van der Waals surface area contributed by atoms with E-state index in [9.17, 15) is 9.59 Å². The molecule has 0 amide bonds. The number of hydrogen-bond acceptors (Lipinski definition) is 4. The maximum Gasteiger partial charge on any atom is 0.312 e. The van der Waals surface area contributed by atoms with Gasteiger partial charge in [0.1, 0.15) is 11.2 Å². The maximum atomic E-state index is 12.7. The first-order valence-electron chi connectivity index (χ1n) is 10.2. The SMILES string of the molecule is CCC(C)(C)C(=O)OC1(CC(=O)OC2(C)CCCCC2)CCCCC1. The van der Waals surface area contributed by atoms with Gasteiger partial charge in [0.25, 0.3) is 0 Å². The Hall–Kier alpha value is -1.06. The van der Waals surface area contributed by atoms with E-state index in [0.29, 0.717) is 0 Å². The molecule has 0 heterocycles. The van der Waals surface area contributed by atoms with Crippen LogP contribution in [0, 0.1) is 5.41 Å². The molecule has 25 heavy (non-hydrogen) atoms. The molecule has 0 radical (unpaired) electrons. The first-order chi connectivity index (χ1) is 11.7. The molecule has 2 aliphatic rings. The number of hydrogen-bond donors (Lipinski definition) is 0. The third-order valence-electron chi connectivity index (χ3n) is 6.25. The Bertz CT molecular complexity index is 468. The minimum Gasteiger partial charge on any atom is -0.459 e. The minimum absolute atomic E-state index is 0.187. The molecule has 0 spiro atoms. The highest BCUT2D eigenvalue weighted by atomic mass is 16.6. The van der Waals surface area contributed by atoms with Crippen molar-refractivity contribution in [2.24, 2.45) is 5.41 Å². The largest absolute Gasteiger partial charge is 0.459 e. The summed E-state index contributed by atoms with van der Waals surface area (Å²) in [7, 11) is 0. The van der Waals surface area contributed by atoms with Crippen LogP contribution in [0.4, 0.5) is 0 Å². The molecule has 0 aromatic heterocycles. The van der Waals surface area contributed by atoms with Crippen LogP contribution in [0.2, 0.25) is 0 Å². The second-order valence-electron chi connectivity index (χ2n) is 9.03. The monoisotopic (exact) mass is 352 g/mol. The first kappa shape index (κ1) is 20.3. The van der Waals surface area contributed by atoms with Gasteiger partial charge in [0.15, 0.2) is 0 Å². The molecule has 0 aromatic carbocycles. The van der Waals surface area contributed by atoms with E-state index >= 15 is 0 Å². The third-order valence-corrected chi connectivity index (χ3v) is 6.25. The summed E-state index contributed by atoms with van der Waals surface area (Å²) >= 11 is 0. The molecule has 0 unspecified atom stereocenters. The Morgan fingerprint density at radius 3 is 1.92 bits per heavy atom. The van der Waals surface area contributed by atoms with Crippen molar-refractivity contribution >= 4 is 11.9 Å². The summed E-state index contributed by atoms with van der Waals surface area (Å²) in [6.45, 7) is 7.86. The smallest absolute Gasteiger partial charge is 0.312 e. The molecule has 144 valence electrons. The van der Waals surface area contributed by atoms with Gasteiger partial charge in [-0.2, -0.15) is 0 Å². The summed E-state index contributed by atoms with van der Waals surface area (Å²) in [6.07, 6.45) is 11.0. The molecule has 0 aromatic rings. The molecule has 4 heteroatoms. The molecule has 0 saturated heterocycles. The van der Waals surface area contributed by atoms with Crippen molar-refractivity contribution in [1.82, 2.24) is 0 Å². The summed E-state index contributed by atoms with van der Waals surface area (Å²) in [5.41, 5.74) is -1.51. The molecule has 0 atom stereocenters. The number of rotatable bonds is 6. The fourth-order valence-corrected chi connectivity index (χ4v) is 3.97. The van der Waals surface area contributed by atoms with Crippen LogP contribution in [-0.4, -0.2) is 23.1 Å². The molecule has 4 nitrogen and oxygen atoms in total. The summed E-state index contributed by atoms with van der Waals surface area (Å²) in [5, 5.41) is 0. The summed E-state index contributed by atoms with van der Waals surface area (Å²) in [4.78, 5) is 25.3. The fraction of sp³-hybridized carbons (Fsp3) is 0.905. The predicted octanol–water partition coefficient (Wildman–Crippen LogP) is 5.32. The molecule has 2 aliphatic carbocycles. The third kappa shape index (κ3) is 5.46. The predicted molar refractivity (Wildman–Crippen MR) is 98.2 cm³/mol. The van der Waals surface area contributed by atoms with Gasteiger partial charge < -0.3 is 9.47 Å². The van der Waals surface area contributed by atoms with E-state index in [4.69, 9.17) is 9.47 Å². The molecular weight excluding hydrogens is 316 g/mol. The van der Waals surface area contributed by atoms with Crippen molar-refractivity contribution in [3.63, 3.8) is 0 Å². The van der Waals surface area contributed by atoms with E-state index in [1.54, 1.807) is 0 Å². The molecule has 2 fully saturated rings. The maximum absolute atomic E-state index is 12.7. The standard InChI is InChI=1S/C21H36O4/c1-5-19(2,3)18(23)25-21(14-10-7-11-15-21)16-17(22)24-20(4)12-8-6-9-13-20/h5-16H2,1-4H3. The lowest BCUT2D eigenvalue weighted by molar-refractivity contribution is -0.184. The molecular formula is C21H36O4. The van der Waals surface area contributed by atoms with Crippen LogP contribution < -0.4 is 0 Å². The normalized spacial score (nSPS) is 22.9. The molecule has 2 saturated carbocycles. The number of carbonyl (C=O) groups excluding carboxylic acids is 2. The Morgan fingerprint density at radius 1 is 0.880 bits per heavy atom. The lowest BCUT2D eigenvalue weighted by Gasteiger charge is -2.40. The Morgan fingerprint density at radius 2 is 1.40 bits per heavy atom. The zero-order valence-corrected chi connectivity index (χ0v) is 16.6. The second kappa shape index (κ2) is 8.09. The molecule has 2 rings (SSSR count). The van der Waals surface area contributed by atoms with Crippen molar-refractivity contribution in [3.8, 4) is 0 Å². The summed E-state index contributed by atoms with van der Waals surface area (Å²) in [5.74, 6) is -0.387. The lowest BCUT2D eigenvalue weighted by atomic mass is 9.81. The van der Waals surface area contributed by atoms with Crippen molar-refractivity contribution in [2.75, 3.05) is 0 Å². The zero-order valence-electron chi connectivity index (χ0n) is 16.6. The van der Waals surface area contributed by atoms with Crippen LogP contribution in [0.3, 0.4) is 0 Å². The van der Waals surface area contributed by atoms with Gasteiger partial charge in [-0.3, -0.25) is 9.59 Å².